The number of benzene rings is 2. The average Bonchev–Trinajstić information content (AvgIpc) is 2.96. The standard InChI is InChI=1S/C16H24FNO2.C16H20FNO2/c2*1-12-10-14(17)5-6-15(12)13(11-18)7-9-20-16-4-2-3-8-19-16/h5-6,10,13,16H,2-4,7-9,11,18H2,1H3;5-6,10,13,16H,2-4,7-9H2,1H3. The highest BCUT2D eigenvalue weighted by Gasteiger charge is 2.18. The van der Waals surface area contributed by atoms with E-state index in [-0.39, 0.29) is 36.1 Å². The zero-order chi connectivity index (χ0) is 28.7. The number of halogens is 2. The molecule has 40 heavy (non-hydrogen) atoms. The van der Waals surface area contributed by atoms with E-state index < -0.39 is 0 Å². The number of hydrogen-bond donors (Lipinski definition) is 1. The SMILES string of the molecule is Cc1cc(F)ccc1C(C#N)CCOC1CCCCO1.Cc1cc(F)ccc1C(CN)CCOC1CCCCO1. The van der Waals surface area contributed by atoms with Gasteiger partial charge in [0.05, 0.1) is 25.2 Å². The van der Waals surface area contributed by atoms with Crippen LogP contribution in [0.25, 0.3) is 0 Å². The molecular weight excluding hydrogens is 514 g/mol. The largest absolute Gasteiger partial charge is 0.353 e. The van der Waals surface area contributed by atoms with Crippen molar-refractivity contribution in [3.63, 3.8) is 0 Å². The van der Waals surface area contributed by atoms with Crippen LogP contribution in [0.4, 0.5) is 8.78 Å². The van der Waals surface area contributed by atoms with E-state index in [1.807, 2.05) is 19.9 Å². The topological polar surface area (TPSA) is 86.7 Å². The Morgan fingerprint density at radius 2 is 1.38 bits per heavy atom. The van der Waals surface area contributed by atoms with Gasteiger partial charge in [0.15, 0.2) is 12.6 Å². The number of nitriles is 1. The highest BCUT2D eigenvalue weighted by molar-refractivity contribution is 5.33. The van der Waals surface area contributed by atoms with E-state index >= 15 is 0 Å². The number of nitrogens with zero attached hydrogens (tertiary/aromatic N) is 1. The number of ether oxygens (including phenoxy) is 4. The Bertz CT molecular complexity index is 1070. The first kappa shape index (κ1) is 32.1. The van der Waals surface area contributed by atoms with Crippen molar-refractivity contribution in [1.82, 2.24) is 0 Å². The molecule has 0 saturated carbocycles. The maximum atomic E-state index is 13.1. The molecule has 0 amide bonds. The van der Waals surface area contributed by atoms with Gasteiger partial charge in [0.2, 0.25) is 0 Å². The van der Waals surface area contributed by atoms with Crippen LogP contribution in [0.1, 0.15) is 85.5 Å². The van der Waals surface area contributed by atoms with Crippen LogP contribution in [0.15, 0.2) is 36.4 Å². The molecule has 2 saturated heterocycles. The Kier molecular flexibility index (Phi) is 14.0. The number of rotatable bonds is 11. The summed E-state index contributed by atoms with van der Waals surface area (Å²) in [4.78, 5) is 0. The molecule has 2 aliphatic heterocycles. The fraction of sp³-hybridized carbons (Fsp3) is 0.594. The van der Waals surface area contributed by atoms with Gasteiger partial charge < -0.3 is 24.7 Å². The molecule has 2 aromatic carbocycles. The summed E-state index contributed by atoms with van der Waals surface area (Å²) >= 11 is 0. The van der Waals surface area contributed by atoms with Gasteiger partial charge in [-0.3, -0.25) is 0 Å². The summed E-state index contributed by atoms with van der Waals surface area (Å²) in [5.41, 5.74) is 9.60. The van der Waals surface area contributed by atoms with Gasteiger partial charge >= 0.3 is 0 Å². The first-order valence-corrected chi connectivity index (χ1v) is 14.5. The summed E-state index contributed by atoms with van der Waals surface area (Å²) in [7, 11) is 0. The minimum atomic E-state index is -0.269. The molecule has 2 aromatic rings. The van der Waals surface area contributed by atoms with Crippen LogP contribution in [0, 0.1) is 36.8 Å². The zero-order valence-electron chi connectivity index (χ0n) is 23.9. The number of aryl methyl sites for hydroxylation is 2. The molecule has 2 aliphatic rings. The molecular formula is C32H44F2N2O4. The molecule has 0 spiro atoms. The maximum Gasteiger partial charge on any atom is 0.157 e. The molecule has 2 N–H and O–H groups in total. The molecule has 4 rings (SSSR count). The second kappa shape index (κ2) is 17.4. The maximum absolute atomic E-state index is 13.1. The van der Waals surface area contributed by atoms with Crippen molar-refractivity contribution in [3.05, 3.63) is 70.3 Å². The van der Waals surface area contributed by atoms with Gasteiger partial charge in [0, 0.05) is 13.2 Å². The second-order valence-corrected chi connectivity index (χ2v) is 10.5. The highest BCUT2D eigenvalue weighted by atomic mass is 19.1. The summed E-state index contributed by atoms with van der Waals surface area (Å²) in [5.74, 6) is -0.526. The lowest BCUT2D eigenvalue weighted by molar-refractivity contribution is -0.163. The molecule has 4 unspecified atom stereocenters. The molecule has 4 atom stereocenters. The van der Waals surface area contributed by atoms with Crippen molar-refractivity contribution in [2.75, 3.05) is 33.0 Å². The predicted octanol–water partition coefficient (Wildman–Crippen LogP) is 6.78. The third-order valence-electron chi connectivity index (χ3n) is 7.48. The smallest absolute Gasteiger partial charge is 0.157 e. The Hall–Kier alpha value is -2.41. The molecule has 2 fully saturated rings. The Balaban J connectivity index is 0.000000220. The van der Waals surface area contributed by atoms with Crippen LogP contribution in [0.5, 0.6) is 0 Å². The van der Waals surface area contributed by atoms with Gasteiger partial charge in [-0.2, -0.15) is 5.26 Å². The van der Waals surface area contributed by atoms with Crippen molar-refractivity contribution in [2.24, 2.45) is 5.73 Å². The zero-order valence-corrected chi connectivity index (χ0v) is 23.9. The van der Waals surface area contributed by atoms with E-state index in [2.05, 4.69) is 6.07 Å². The highest BCUT2D eigenvalue weighted by Crippen LogP contribution is 2.25. The monoisotopic (exact) mass is 558 g/mol. The average molecular weight is 559 g/mol. The first-order chi connectivity index (χ1) is 19.4. The van der Waals surface area contributed by atoms with Crippen LogP contribution < -0.4 is 5.73 Å². The summed E-state index contributed by atoms with van der Waals surface area (Å²) in [6, 6.07) is 11.7. The summed E-state index contributed by atoms with van der Waals surface area (Å²) in [6.45, 7) is 6.95. The minimum absolute atomic E-state index is 0.0588. The van der Waals surface area contributed by atoms with E-state index in [4.69, 9.17) is 24.7 Å². The van der Waals surface area contributed by atoms with E-state index in [1.54, 1.807) is 12.1 Å². The van der Waals surface area contributed by atoms with Gasteiger partial charge in [0.25, 0.3) is 0 Å². The van der Waals surface area contributed by atoms with Crippen LogP contribution in [-0.4, -0.2) is 45.6 Å². The Labute approximate surface area is 237 Å². The van der Waals surface area contributed by atoms with Gasteiger partial charge in [-0.05, 0) is 124 Å². The molecule has 6 nitrogen and oxygen atoms in total. The van der Waals surface area contributed by atoms with Crippen LogP contribution in [-0.2, 0) is 18.9 Å². The van der Waals surface area contributed by atoms with Gasteiger partial charge in [-0.25, -0.2) is 8.78 Å². The molecule has 8 heteroatoms. The molecule has 0 aromatic heterocycles. The fourth-order valence-corrected chi connectivity index (χ4v) is 5.16. The van der Waals surface area contributed by atoms with E-state index in [9.17, 15) is 14.0 Å². The Morgan fingerprint density at radius 1 is 0.850 bits per heavy atom. The van der Waals surface area contributed by atoms with Crippen molar-refractivity contribution in [3.8, 4) is 6.07 Å². The minimum Gasteiger partial charge on any atom is -0.353 e. The Morgan fingerprint density at radius 3 is 1.82 bits per heavy atom. The van der Waals surface area contributed by atoms with Crippen molar-refractivity contribution in [2.45, 2.75) is 89.6 Å². The van der Waals surface area contributed by atoms with E-state index in [0.717, 1.165) is 74.0 Å². The predicted molar refractivity (Wildman–Crippen MR) is 151 cm³/mol. The molecule has 220 valence electrons. The van der Waals surface area contributed by atoms with Gasteiger partial charge in [-0.15, -0.1) is 0 Å². The third kappa shape index (κ3) is 10.5. The van der Waals surface area contributed by atoms with Crippen LogP contribution in [0.3, 0.4) is 0 Å². The van der Waals surface area contributed by atoms with E-state index in [1.165, 1.54) is 24.6 Å². The lowest BCUT2D eigenvalue weighted by atomic mass is 9.92. The summed E-state index contributed by atoms with van der Waals surface area (Å²) < 4.78 is 48.6. The summed E-state index contributed by atoms with van der Waals surface area (Å²) in [6.07, 6.45) is 7.66. The summed E-state index contributed by atoms with van der Waals surface area (Å²) in [5, 5.41) is 9.28. The van der Waals surface area contributed by atoms with E-state index in [0.29, 0.717) is 26.2 Å². The van der Waals surface area contributed by atoms with Gasteiger partial charge in [-0.1, -0.05) is 12.1 Å². The lowest BCUT2D eigenvalue weighted by Crippen LogP contribution is -2.24. The van der Waals surface area contributed by atoms with Crippen molar-refractivity contribution in [1.29, 1.82) is 5.26 Å². The normalized spacial score (nSPS) is 20.6. The lowest BCUT2D eigenvalue weighted by Gasteiger charge is -2.24. The molecule has 0 aliphatic carbocycles. The quantitative estimate of drug-likeness (QED) is 0.327. The van der Waals surface area contributed by atoms with Gasteiger partial charge in [0.1, 0.15) is 11.6 Å². The fourth-order valence-electron chi connectivity index (χ4n) is 5.16. The number of hydrogen-bond acceptors (Lipinski definition) is 6. The second-order valence-electron chi connectivity index (χ2n) is 10.5. The first-order valence-electron chi connectivity index (χ1n) is 14.5. The number of nitrogens with two attached hydrogens (primary N) is 1. The third-order valence-corrected chi connectivity index (χ3v) is 7.48. The van der Waals surface area contributed by atoms with Crippen LogP contribution >= 0.6 is 0 Å². The molecule has 0 bridgehead atoms. The van der Waals surface area contributed by atoms with Crippen molar-refractivity contribution >= 4 is 0 Å². The van der Waals surface area contributed by atoms with Crippen LogP contribution in [0.2, 0.25) is 0 Å². The molecule has 2 heterocycles. The molecule has 0 radical (unpaired) electrons. The van der Waals surface area contributed by atoms with Crippen molar-refractivity contribution < 1.29 is 27.7 Å².